The molecule has 2 aromatic heterocycles. The van der Waals surface area contributed by atoms with E-state index in [1.54, 1.807) is 0 Å². The Kier molecular flexibility index (Phi) is 8.06. The predicted octanol–water partition coefficient (Wildman–Crippen LogP) is 12.5. The SMILES string of the molecule is CC(C)(C)c1cc(-c2nc3c(-c4cc(-c5ccccc5)cc(-c5ccccn5)c4)cccc3n2-c2cccc3ccccc23)c(O)c(C(C)(C)C)c1. The van der Waals surface area contributed by atoms with Crippen LogP contribution in [0.25, 0.3) is 72.4 Å². The second-order valence-electron chi connectivity index (χ2n) is 15.7. The van der Waals surface area contributed by atoms with Crippen LogP contribution in [0.2, 0.25) is 0 Å². The molecule has 0 saturated carbocycles. The standard InChI is InChI=1S/C48H43N3O/c1-47(2,3)36-29-39(45(52)40(30-36)48(4,5)6)46-50-44-38(21-15-24-43(44)51(46)42-23-14-19-32-18-10-11-20-37(32)42)34-26-33(31-16-8-7-9-17-31)27-35(28-34)41-22-12-13-25-49-41/h7-30,52H,1-6H3. The number of aromatic hydroxyl groups is 1. The minimum absolute atomic E-state index is 0.149. The van der Waals surface area contributed by atoms with E-state index in [0.29, 0.717) is 5.82 Å². The van der Waals surface area contributed by atoms with Gasteiger partial charge in [-0.15, -0.1) is 0 Å². The van der Waals surface area contributed by atoms with Gasteiger partial charge < -0.3 is 5.11 Å². The zero-order valence-electron chi connectivity index (χ0n) is 30.6. The van der Waals surface area contributed by atoms with Crippen molar-refractivity contribution in [1.82, 2.24) is 14.5 Å². The van der Waals surface area contributed by atoms with Crippen LogP contribution < -0.4 is 0 Å². The normalized spacial score (nSPS) is 12.1. The molecule has 0 spiro atoms. The summed E-state index contributed by atoms with van der Waals surface area (Å²) in [5.41, 5.74) is 11.4. The fourth-order valence-corrected chi connectivity index (χ4v) is 7.23. The van der Waals surface area contributed by atoms with Gasteiger partial charge in [0.1, 0.15) is 11.6 Å². The molecule has 0 radical (unpaired) electrons. The van der Waals surface area contributed by atoms with E-state index in [9.17, 15) is 5.11 Å². The summed E-state index contributed by atoms with van der Waals surface area (Å²) in [6.45, 7) is 13.1. The summed E-state index contributed by atoms with van der Waals surface area (Å²) < 4.78 is 2.25. The van der Waals surface area contributed by atoms with E-state index in [2.05, 4.69) is 167 Å². The lowest BCUT2D eigenvalue weighted by Gasteiger charge is -2.27. The summed E-state index contributed by atoms with van der Waals surface area (Å²) >= 11 is 0. The van der Waals surface area contributed by atoms with Gasteiger partial charge in [-0.3, -0.25) is 9.55 Å². The Hall–Kier alpha value is -6.00. The van der Waals surface area contributed by atoms with E-state index in [1.165, 1.54) is 0 Å². The van der Waals surface area contributed by atoms with E-state index in [0.717, 1.165) is 77.7 Å². The topological polar surface area (TPSA) is 50.9 Å². The summed E-state index contributed by atoms with van der Waals surface area (Å²) in [6, 6.07) is 48.8. The first-order valence-corrected chi connectivity index (χ1v) is 18.0. The lowest BCUT2D eigenvalue weighted by molar-refractivity contribution is 0.446. The van der Waals surface area contributed by atoms with Crippen LogP contribution in [0.3, 0.4) is 0 Å². The van der Waals surface area contributed by atoms with Crippen molar-refractivity contribution in [3.05, 3.63) is 157 Å². The van der Waals surface area contributed by atoms with Crippen molar-refractivity contribution in [2.45, 2.75) is 52.4 Å². The quantitative estimate of drug-likeness (QED) is 0.197. The monoisotopic (exact) mass is 677 g/mol. The third-order valence-corrected chi connectivity index (χ3v) is 10.0. The second kappa shape index (κ2) is 12.6. The molecule has 0 aliphatic heterocycles. The van der Waals surface area contributed by atoms with Gasteiger partial charge >= 0.3 is 0 Å². The van der Waals surface area contributed by atoms with Gasteiger partial charge in [0.05, 0.1) is 28.0 Å². The Balaban J connectivity index is 1.48. The Bertz CT molecular complexity index is 2520. The molecular weight excluding hydrogens is 635 g/mol. The molecule has 0 fully saturated rings. The average molecular weight is 678 g/mol. The molecule has 0 bridgehead atoms. The highest BCUT2D eigenvalue weighted by Crippen LogP contribution is 2.45. The lowest BCUT2D eigenvalue weighted by atomic mass is 9.79. The number of phenols is 1. The molecule has 256 valence electrons. The molecule has 8 aromatic rings. The van der Waals surface area contributed by atoms with Crippen molar-refractivity contribution in [3.63, 3.8) is 0 Å². The molecule has 6 aromatic carbocycles. The van der Waals surface area contributed by atoms with Gasteiger partial charge in [-0.2, -0.15) is 0 Å². The van der Waals surface area contributed by atoms with Crippen LogP contribution >= 0.6 is 0 Å². The minimum atomic E-state index is -0.290. The summed E-state index contributed by atoms with van der Waals surface area (Å²) in [5.74, 6) is 0.972. The maximum atomic E-state index is 12.2. The maximum Gasteiger partial charge on any atom is 0.149 e. The Morgan fingerprint density at radius 2 is 1.25 bits per heavy atom. The number of imidazole rings is 1. The van der Waals surface area contributed by atoms with E-state index < -0.39 is 0 Å². The molecule has 0 saturated heterocycles. The van der Waals surface area contributed by atoms with E-state index in [1.807, 2.05) is 24.4 Å². The van der Waals surface area contributed by atoms with Crippen molar-refractivity contribution in [2.75, 3.05) is 0 Å². The number of fused-ring (bicyclic) bond motifs is 2. The van der Waals surface area contributed by atoms with Gasteiger partial charge in [0.2, 0.25) is 0 Å². The smallest absolute Gasteiger partial charge is 0.149 e. The molecule has 4 nitrogen and oxygen atoms in total. The summed E-state index contributed by atoms with van der Waals surface area (Å²) in [4.78, 5) is 10.3. The summed E-state index contributed by atoms with van der Waals surface area (Å²) in [7, 11) is 0. The largest absolute Gasteiger partial charge is 0.507 e. The first kappa shape index (κ1) is 33.2. The first-order chi connectivity index (χ1) is 25.0. The van der Waals surface area contributed by atoms with Gasteiger partial charge in [0, 0.05) is 28.3 Å². The maximum absolute atomic E-state index is 12.2. The van der Waals surface area contributed by atoms with Crippen molar-refractivity contribution in [2.24, 2.45) is 0 Å². The molecule has 4 heteroatoms. The van der Waals surface area contributed by atoms with Crippen LogP contribution in [0.5, 0.6) is 5.75 Å². The first-order valence-electron chi connectivity index (χ1n) is 18.0. The fraction of sp³-hybridized carbons (Fsp3) is 0.167. The Morgan fingerprint density at radius 1 is 0.558 bits per heavy atom. The van der Waals surface area contributed by atoms with Gasteiger partial charge in [-0.1, -0.05) is 133 Å². The Labute approximate surface area is 306 Å². The predicted molar refractivity (Wildman–Crippen MR) is 217 cm³/mol. The van der Waals surface area contributed by atoms with Gasteiger partial charge in [-0.25, -0.2) is 4.98 Å². The fourth-order valence-electron chi connectivity index (χ4n) is 7.23. The van der Waals surface area contributed by atoms with E-state index in [-0.39, 0.29) is 16.6 Å². The number of pyridine rings is 1. The minimum Gasteiger partial charge on any atom is -0.507 e. The molecule has 0 aliphatic rings. The number of phenolic OH excluding ortho intramolecular Hbond substituents is 1. The highest BCUT2D eigenvalue weighted by atomic mass is 16.3. The molecule has 1 N–H and O–H groups in total. The molecule has 52 heavy (non-hydrogen) atoms. The molecule has 2 heterocycles. The molecular formula is C48H43N3O. The van der Waals surface area contributed by atoms with E-state index >= 15 is 0 Å². The number of benzene rings is 6. The van der Waals surface area contributed by atoms with Gasteiger partial charge in [-0.05, 0) is 87.0 Å². The van der Waals surface area contributed by atoms with Crippen LogP contribution in [0, 0.1) is 0 Å². The third kappa shape index (κ3) is 5.94. The van der Waals surface area contributed by atoms with Crippen LogP contribution in [-0.2, 0) is 10.8 Å². The molecule has 0 atom stereocenters. The third-order valence-electron chi connectivity index (χ3n) is 10.0. The zero-order chi connectivity index (χ0) is 36.2. The number of rotatable bonds is 5. The van der Waals surface area contributed by atoms with Crippen LogP contribution in [0.4, 0.5) is 0 Å². The number of hydrogen-bond acceptors (Lipinski definition) is 3. The van der Waals surface area contributed by atoms with Crippen molar-refractivity contribution < 1.29 is 5.11 Å². The van der Waals surface area contributed by atoms with Gasteiger partial charge in [0.15, 0.2) is 0 Å². The Morgan fingerprint density at radius 3 is 2.00 bits per heavy atom. The number of nitrogens with zero attached hydrogens (tertiary/aromatic N) is 3. The van der Waals surface area contributed by atoms with Gasteiger partial charge in [0.25, 0.3) is 0 Å². The van der Waals surface area contributed by atoms with Crippen molar-refractivity contribution in [3.8, 4) is 56.3 Å². The van der Waals surface area contributed by atoms with Crippen LogP contribution in [0.1, 0.15) is 52.7 Å². The van der Waals surface area contributed by atoms with E-state index in [4.69, 9.17) is 9.97 Å². The summed E-state index contributed by atoms with van der Waals surface area (Å²) in [6.07, 6.45) is 1.84. The number of hydrogen-bond donors (Lipinski definition) is 1. The van der Waals surface area contributed by atoms with Crippen molar-refractivity contribution >= 4 is 21.8 Å². The second-order valence-corrected chi connectivity index (χ2v) is 15.7. The highest BCUT2D eigenvalue weighted by Gasteiger charge is 2.29. The zero-order valence-corrected chi connectivity index (χ0v) is 30.6. The average Bonchev–Trinajstić information content (AvgIpc) is 3.53. The number of para-hydroxylation sites is 1. The molecule has 0 unspecified atom stereocenters. The molecule has 0 aliphatic carbocycles. The molecule has 0 amide bonds. The van der Waals surface area contributed by atoms with Crippen LogP contribution in [0.15, 0.2) is 146 Å². The number of aromatic nitrogens is 3. The highest BCUT2D eigenvalue weighted by molar-refractivity contribution is 6.00. The van der Waals surface area contributed by atoms with Crippen LogP contribution in [-0.4, -0.2) is 19.6 Å². The lowest BCUT2D eigenvalue weighted by Crippen LogP contribution is -2.17. The van der Waals surface area contributed by atoms with Crippen molar-refractivity contribution in [1.29, 1.82) is 0 Å². The molecule has 8 rings (SSSR count). The summed E-state index contributed by atoms with van der Waals surface area (Å²) in [5, 5.41) is 14.5.